The Hall–Kier alpha value is -2.29. The highest BCUT2D eigenvalue weighted by atomic mass is 16.1. The first kappa shape index (κ1) is 13.1. The lowest BCUT2D eigenvalue weighted by atomic mass is 10.0. The molecule has 0 saturated heterocycles. The summed E-state index contributed by atoms with van der Waals surface area (Å²) in [6.45, 7) is 5.88. The van der Waals surface area contributed by atoms with Crippen molar-refractivity contribution < 1.29 is 4.79 Å². The summed E-state index contributed by atoms with van der Waals surface area (Å²) in [5.74, 6) is -0.0922. The van der Waals surface area contributed by atoms with E-state index in [0.717, 1.165) is 28.1 Å². The van der Waals surface area contributed by atoms with Gasteiger partial charge in [-0.05, 0) is 61.7 Å². The molecule has 2 rings (SSSR count). The second kappa shape index (κ2) is 5.14. The third-order valence-electron chi connectivity index (χ3n) is 3.38. The number of anilines is 2. The van der Waals surface area contributed by atoms with Gasteiger partial charge in [0.15, 0.2) is 0 Å². The van der Waals surface area contributed by atoms with Gasteiger partial charge in [0.05, 0.1) is 0 Å². The van der Waals surface area contributed by atoms with Crippen LogP contribution in [0.2, 0.25) is 0 Å². The van der Waals surface area contributed by atoms with Gasteiger partial charge in [0.2, 0.25) is 0 Å². The van der Waals surface area contributed by atoms with E-state index in [9.17, 15) is 4.79 Å². The fourth-order valence-corrected chi connectivity index (χ4v) is 1.95. The predicted octanol–water partition coefficient (Wildman–Crippen LogP) is 3.45. The molecule has 3 nitrogen and oxygen atoms in total. The number of aryl methyl sites for hydroxylation is 2. The third-order valence-corrected chi connectivity index (χ3v) is 3.38. The molecule has 1 amide bonds. The number of carbonyl (C=O) groups excluding carboxylic acids is 1. The molecule has 3 N–H and O–H groups in total. The maximum atomic E-state index is 12.2. The second-order valence-corrected chi connectivity index (χ2v) is 4.77. The molecule has 98 valence electrons. The number of hydrogen-bond acceptors (Lipinski definition) is 2. The summed E-state index contributed by atoms with van der Waals surface area (Å²) in [6.07, 6.45) is 0. The number of rotatable bonds is 2. The second-order valence-electron chi connectivity index (χ2n) is 4.77. The lowest BCUT2D eigenvalue weighted by Crippen LogP contribution is -2.14. The molecule has 0 heterocycles. The number of nitrogens with two attached hydrogens (primary N) is 1. The van der Waals surface area contributed by atoms with E-state index in [-0.39, 0.29) is 5.91 Å². The van der Waals surface area contributed by atoms with Gasteiger partial charge < -0.3 is 11.1 Å². The Labute approximate surface area is 113 Å². The molecule has 2 aromatic rings. The number of benzene rings is 2. The maximum absolute atomic E-state index is 12.2. The zero-order valence-electron chi connectivity index (χ0n) is 11.4. The molecule has 0 fully saturated rings. The molecule has 0 unspecified atom stereocenters. The minimum absolute atomic E-state index is 0.0922. The van der Waals surface area contributed by atoms with Gasteiger partial charge in [0, 0.05) is 16.9 Å². The van der Waals surface area contributed by atoms with Crippen molar-refractivity contribution in [3.05, 3.63) is 58.7 Å². The summed E-state index contributed by atoms with van der Waals surface area (Å²) in [5.41, 5.74) is 11.0. The Kier molecular flexibility index (Phi) is 3.56. The van der Waals surface area contributed by atoms with Gasteiger partial charge in [-0.2, -0.15) is 0 Å². The molecule has 0 bridgehead atoms. The van der Waals surface area contributed by atoms with Gasteiger partial charge in [-0.15, -0.1) is 0 Å². The van der Waals surface area contributed by atoms with Crippen molar-refractivity contribution in [1.82, 2.24) is 0 Å². The predicted molar refractivity (Wildman–Crippen MR) is 79.5 cm³/mol. The van der Waals surface area contributed by atoms with Crippen molar-refractivity contribution in [1.29, 1.82) is 0 Å². The molecule has 19 heavy (non-hydrogen) atoms. The number of nitrogen functional groups attached to an aromatic ring is 1. The Balaban J connectivity index is 2.26. The van der Waals surface area contributed by atoms with E-state index in [0.29, 0.717) is 5.56 Å². The molecule has 0 aliphatic heterocycles. The Morgan fingerprint density at radius 1 is 1.05 bits per heavy atom. The molecule has 0 radical (unpaired) electrons. The van der Waals surface area contributed by atoms with Crippen LogP contribution in [0.3, 0.4) is 0 Å². The summed E-state index contributed by atoms with van der Waals surface area (Å²) in [7, 11) is 0. The van der Waals surface area contributed by atoms with E-state index >= 15 is 0 Å². The van der Waals surface area contributed by atoms with E-state index < -0.39 is 0 Å². The van der Waals surface area contributed by atoms with Crippen LogP contribution in [0.25, 0.3) is 0 Å². The highest BCUT2D eigenvalue weighted by molar-refractivity contribution is 6.05. The lowest BCUT2D eigenvalue weighted by molar-refractivity contribution is 0.102. The minimum atomic E-state index is -0.0922. The van der Waals surface area contributed by atoms with E-state index in [4.69, 9.17) is 5.73 Å². The van der Waals surface area contributed by atoms with Crippen molar-refractivity contribution >= 4 is 17.3 Å². The van der Waals surface area contributed by atoms with Gasteiger partial charge in [0.1, 0.15) is 0 Å². The SMILES string of the molecule is Cc1cc(NC(=O)c2cccc(C)c2C)ccc1N. The van der Waals surface area contributed by atoms with Crippen molar-refractivity contribution in [2.24, 2.45) is 0 Å². The van der Waals surface area contributed by atoms with Crippen LogP contribution in [-0.2, 0) is 0 Å². The average molecular weight is 254 g/mol. The van der Waals surface area contributed by atoms with Crippen molar-refractivity contribution in [3.63, 3.8) is 0 Å². The first-order chi connectivity index (χ1) is 8.99. The topological polar surface area (TPSA) is 55.1 Å². The zero-order chi connectivity index (χ0) is 14.0. The zero-order valence-corrected chi connectivity index (χ0v) is 11.4. The van der Waals surface area contributed by atoms with Crippen molar-refractivity contribution in [3.8, 4) is 0 Å². The van der Waals surface area contributed by atoms with Gasteiger partial charge in [-0.1, -0.05) is 12.1 Å². The highest BCUT2D eigenvalue weighted by Gasteiger charge is 2.10. The van der Waals surface area contributed by atoms with Crippen molar-refractivity contribution in [2.45, 2.75) is 20.8 Å². The van der Waals surface area contributed by atoms with Gasteiger partial charge >= 0.3 is 0 Å². The van der Waals surface area contributed by atoms with Gasteiger partial charge in [-0.3, -0.25) is 4.79 Å². The standard InChI is InChI=1S/C16H18N2O/c1-10-5-4-6-14(12(10)3)16(19)18-13-7-8-15(17)11(2)9-13/h4-9H,17H2,1-3H3,(H,18,19). The van der Waals surface area contributed by atoms with Crippen LogP contribution in [0, 0.1) is 20.8 Å². The molecule has 0 spiro atoms. The van der Waals surface area contributed by atoms with Crippen LogP contribution in [-0.4, -0.2) is 5.91 Å². The largest absolute Gasteiger partial charge is 0.399 e. The summed E-state index contributed by atoms with van der Waals surface area (Å²) < 4.78 is 0. The lowest BCUT2D eigenvalue weighted by Gasteiger charge is -2.10. The molecule has 0 aliphatic carbocycles. The molecule has 0 atom stereocenters. The summed E-state index contributed by atoms with van der Waals surface area (Å²) in [6, 6.07) is 11.2. The number of nitrogens with one attached hydrogen (secondary N) is 1. The van der Waals surface area contributed by atoms with E-state index in [2.05, 4.69) is 5.32 Å². The highest BCUT2D eigenvalue weighted by Crippen LogP contribution is 2.19. The molecule has 0 saturated carbocycles. The van der Waals surface area contributed by atoms with Gasteiger partial charge in [0.25, 0.3) is 5.91 Å². The number of hydrogen-bond donors (Lipinski definition) is 2. The fourth-order valence-electron chi connectivity index (χ4n) is 1.95. The van der Waals surface area contributed by atoms with Crippen LogP contribution in [0.4, 0.5) is 11.4 Å². The quantitative estimate of drug-likeness (QED) is 0.806. The van der Waals surface area contributed by atoms with Crippen LogP contribution in [0.5, 0.6) is 0 Å². The minimum Gasteiger partial charge on any atom is -0.399 e. The average Bonchev–Trinajstić information content (AvgIpc) is 2.37. The van der Waals surface area contributed by atoms with Gasteiger partial charge in [-0.25, -0.2) is 0 Å². The molecular formula is C16H18N2O. The molecule has 2 aromatic carbocycles. The number of amides is 1. The monoisotopic (exact) mass is 254 g/mol. The third kappa shape index (κ3) is 2.76. The Bertz CT molecular complexity index is 633. The first-order valence-electron chi connectivity index (χ1n) is 6.22. The van der Waals surface area contributed by atoms with E-state index in [1.807, 2.05) is 51.1 Å². The molecule has 0 aliphatic rings. The van der Waals surface area contributed by atoms with E-state index in [1.165, 1.54) is 0 Å². The van der Waals surface area contributed by atoms with Crippen LogP contribution >= 0.6 is 0 Å². The van der Waals surface area contributed by atoms with Crippen LogP contribution in [0.15, 0.2) is 36.4 Å². The molecule has 0 aromatic heterocycles. The number of carbonyl (C=O) groups is 1. The maximum Gasteiger partial charge on any atom is 0.255 e. The fraction of sp³-hybridized carbons (Fsp3) is 0.188. The summed E-state index contributed by atoms with van der Waals surface area (Å²) in [5, 5.41) is 2.90. The van der Waals surface area contributed by atoms with Crippen LogP contribution in [0.1, 0.15) is 27.0 Å². The summed E-state index contributed by atoms with van der Waals surface area (Å²) >= 11 is 0. The Morgan fingerprint density at radius 3 is 2.47 bits per heavy atom. The summed E-state index contributed by atoms with van der Waals surface area (Å²) in [4.78, 5) is 12.2. The van der Waals surface area contributed by atoms with E-state index in [1.54, 1.807) is 6.07 Å². The van der Waals surface area contributed by atoms with Crippen molar-refractivity contribution in [2.75, 3.05) is 11.1 Å². The normalized spacial score (nSPS) is 10.3. The smallest absolute Gasteiger partial charge is 0.255 e. The molecule has 3 heteroatoms. The first-order valence-corrected chi connectivity index (χ1v) is 6.22. The van der Waals surface area contributed by atoms with Crippen LogP contribution < -0.4 is 11.1 Å². The Morgan fingerprint density at radius 2 is 1.79 bits per heavy atom. The molecular weight excluding hydrogens is 236 g/mol.